The number of hydrogen-bond acceptors (Lipinski definition) is 1. The molecule has 2 aliphatic rings. The molecule has 0 heterocycles. The first-order chi connectivity index (χ1) is 9.78. The summed E-state index contributed by atoms with van der Waals surface area (Å²) in [5, 5.41) is 3.89. The van der Waals surface area contributed by atoms with Crippen LogP contribution in [0.15, 0.2) is 18.2 Å². The van der Waals surface area contributed by atoms with Gasteiger partial charge in [0.15, 0.2) is 0 Å². The normalized spacial score (nSPS) is 31.3. The summed E-state index contributed by atoms with van der Waals surface area (Å²) in [4.78, 5) is 0. The van der Waals surface area contributed by atoms with E-state index in [1.54, 1.807) is 6.07 Å². The standard InChI is InChI=1S/C18H25ClFN/c1-17(2,3)21-11-18(9-13-7-14(13)10-18)8-12-5-4-6-15(19)16(12)20/h4-6,13-14,21H,7-11H2,1-3H3. The third-order valence-corrected chi connectivity index (χ3v) is 5.34. The molecule has 0 radical (unpaired) electrons. The fraction of sp³-hybridized carbons (Fsp3) is 0.667. The Morgan fingerprint density at radius 3 is 2.57 bits per heavy atom. The summed E-state index contributed by atoms with van der Waals surface area (Å²) in [7, 11) is 0. The molecule has 0 spiro atoms. The Morgan fingerprint density at radius 2 is 1.95 bits per heavy atom. The summed E-state index contributed by atoms with van der Waals surface area (Å²) in [6, 6.07) is 5.39. The maximum absolute atomic E-state index is 14.3. The zero-order valence-electron chi connectivity index (χ0n) is 13.2. The Bertz CT molecular complexity index is 525. The third kappa shape index (κ3) is 3.43. The van der Waals surface area contributed by atoms with Crippen LogP contribution in [0, 0.1) is 23.1 Å². The molecule has 2 unspecified atom stereocenters. The average molecular weight is 310 g/mol. The van der Waals surface area contributed by atoms with Crippen molar-refractivity contribution < 1.29 is 4.39 Å². The Balaban J connectivity index is 1.78. The summed E-state index contributed by atoms with van der Waals surface area (Å²) < 4.78 is 14.3. The van der Waals surface area contributed by atoms with E-state index in [4.69, 9.17) is 11.6 Å². The van der Waals surface area contributed by atoms with Gasteiger partial charge in [-0.25, -0.2) is 4.39 Å². The number of rotatable bonds is 4. The van der Waals surface area contributed by atoms with E-state index >= 15 is 0 Å². The predicted molar refractivity (Wildman–Crippen MR) is 86.1 cm³/mol. The number of benzene rings is 1. The molecule has 1 N–H and O–H groups in total. The van der Waals surface area contributed by atoms with Crippen LogP contribution in [0.25, 0.3) is 0 Å². The van der Waals surface area contributed by atoms with E-state index in [1.165, 1.54) is 19.3 Å². The fourth-order valence-electron chi connectivity index (χ4n) is 3.90. The molecule has 21 heavy (non-hydrogen) atoms. The first kappa shape index (κ1) is 15.3. The van der Waals surface area contributed by atoms with E-state index < -0.39 is 0 Å². The van der Waals surface area contributed by atoms with Gasteiger partial charge in [0.2, 0.25) is 0 Å². The van der Waals surface area contributed by atoms with Gasteiger partial charge in [0.25, 0.3) is 0 Å². The maximum Gasteiger partial charge on any atom is 0.144 e. The zero-order valence-corrected chi connectivity index (χ0v) is 13.9. The number of hydrogen-bond donors (Lipinski definition) is 1. The quantitative estimate of drug-likeness (QED) is 0.840. The second kappa shape index (κ2) is 5.24. The van der Waals surface area contributed by atoms with Crippen LogP contribution in [0.4, 0.5) is 4.39 Å². The van der Waals surface area contributed by atoms with Crippen molar-refractivity contribution in [1.29, 1.82) is 0 Å². The lowest BCUT2D eigenvalue weighted by molar-refractivity contribution is 0.220. The highest BCUT2D eigenvalue weighted by Gasteiger charge is 2.53. The zero-order chi connectivity index (χ0) is 15.3. The van der Waals surface area contributed by atoms with E-state index in [2.05, 4.69) is 26.1 Å². The molecule has 1 aromatic rings. The topological polar surface area (TPSA) is 12.0 Å². The number of halogens is 2. The molecule has 2 atom stereocenters. The van der Waals surface area contributed by atoms with Crippen molar-refractivity contribution in [2.75, 3.05) is 6.54 Å². The van der Waals surface area contributed by atoms with Crippen molar-refractivity contribution in [1.82, 2.24) is 5.32 Å². The second-order valence-electron chi connectivity index (χ2n) is 8.16. The van der Waals surface area contributed by atoms with Crippen LogP contribution in [0.3, 0.4) is 0 Å². The predicted octanol–water partition coefficient (Wildman–Crippen LogP) is 4.83. The lowest BCUT2D eigenvalue weighted by Crippen LogP contribution is -2.44. The molecule has 1 aromatic carbocycles. The molecule has 116 valence electrons. The Labute approximate surface area is 132 Å². The Kier molecular flexibility index (Phi) is 3.82. The van der Waals surface area contributed by atoms with E-state index in [-0.39, 0.29) is 21.8 Å². The van der Waals surface area contributed by atoms with Gasteiger partial charge in [0.1, 0.15) is 5.82 Å². The van der Waals surface area contributed by atoms with Crippen LogP contribution in [0.5, 0.6) is 0 Å². The summed E-state index contributed by atoms with van der Waals surface area (Å²) in [6.45, 7) is 7.54. The Morgan fingerprint density at radius 1 is 1.29 bits per heavy atom. The second-order valence-corrected chi connectivity index (χ2v) is 8.56. The molecular weight excluding hydrogens is 285 g/mol. The van der Waals surface area contributed by atoms with Gasteiger partial charge in [-0.1, -0.05) is 23.7 Å². The van der Waals surface area contributed by atoms with Crippen LogP contribution in [-0.2, 0) is 6.42 Å². The first-order valence-corrected chi connectivity index (χ1v) is 8.34. The highest BCUT2D eigenvalue weighted by atomic mass is 35.5. The molecule has 0 bridgehead atoms. The SMILES string of the molecule is CC(C)(C)NCC1(Cc2cccc(Cl)c2F)CC2CC2C1. The van der Waals surface area contributed by atoms with Crippen molar-refractivity contribution in [3.8, 4) is 0 Å². The van der Waals surface area contributed by atoms with Gasteiger partial charge in [-0.2, -0.15) is 0 Å². The number of nitrogens with one attached hydrogen (secondary N) is 1. The van der Waals surface area contributed by atoms with Gasteiger partial charge in [-0.05, 0) is 75.3 Å². The van der Waals surface area contributed by atoms with Crippen LogP contribution < -0.4 is 5.32 Å². The molecule has 1 nitrogen and oxygen atoms in total. The fourth-order valence-corrected chi connectivity index (χ4v) is 4.09. The van der Waals surface area contributed by atoms with Crippen molar-refractivity contribution in [3.63, 3.8) is 0 Å². The minimum absolute atomic E-state index is 0.104. The van der Waals surface area contributed by atoms with Crippen LogP contribution >= 0.6 is 11.6 Å². The van der Waals surface area contributed by atoms with Gasteiger partial charge in [0, 0.05) is 12.1 Å². The van der Waals surface area contributed by atoms with Crippen LogP contribution in [-0.4, -0.2) is 12.1 Å². The lowest BCUT2D eigenvalue weighted by atomic mass is 9.76. The molecule has 3 rings (SSSR count). The molecule has 0 saturated heterocycles. The maximum atomic E-state index is 14.3. The van der Waals surface area contributed by atoms with Crippen molar-refractivity contribution in [2.45, 2.75) is 52.0 Å². The monoisotopic (exact) mass is 309 g/mol. The molecule has 0 amide bonds. The molecule has 0 aliphatic heterocycles. The lowest BCUT2D eigenvalue weighted by Gasteiger charge is -2.35. The first-order valence-electron chi connectivity index (χ1n) is 7.96. The van der Waals surface area contributed by atoms with Crippen molar-refractivity contribution >= 4 is 11.6 Å². The van der Waals surface area contributed by atoms with Gasteiger partial charge in [0.05, 0.1) is 5.02 Å². The molecule has 2 aliphatic carbocycles. The van der Waals surface area contributed by atoms with E-state index in [0.717, 1.165) is 30.4 Å². The smallest absolute Gasteiger partial charge is 0.144 e. The summed E-state index contributed by atoms with van der Waals surface area (Å²) in [5.74, 6) is 1.54. The highest BCUT2D eigenvalue weighted by Crippen LogP contribution is 2.60. The molecule has 2 saturated carbocycles. The van der Waals surface area contributed by atoms with E-state index in [9.17, 15) is 4.39 Å². The minimum atomic E-state index is -0.227. The minimum Gasteiger partial charge on any atom is -0.312 e. The molecule has 2 fully saturated rings. The highest BCUT2D eigenvalue weighted by molar-refractivity contribution is 6.30. The third-order valence-electron chi connectivity index (χ3n) is 5.05. The number of fused-ring (bicyclic) bond motifs is 1. The Hall–Kier alpha value is -0.600. The van der Waals surface area contributed by atoms with Crippen LogP contribution in [0.1, 0.15) is 45.6 Å². The van der Waals surface area contributed by atoms with Crippen LogP contribution in [0.2, 0.25) is 5.02 Å². The largest absolute Gasteiger partial charge is 0.312 e. The summed E-state index contributed by atoms with van der Waals surface area (Å²) in [6.07, 6.45) is 4.64. The average Bonchev–Trinajstić information content (AvgIpc) is 3.01. The summed E-state index contributed by atoms with van der Waals surface area (Å²) in [5.41, 5.74) is 1.08. The van der Waals surface area contributed by atoms with E-state index in [0.29, 0.717) is 0 Å². The molecule has 3 heteroatoms. The summed E-state index contributed by atoms with van der Waals surface area (Å²) >= 11 is 5.94. The molecule has 0 aromatic heterocycles. The van der Waals surface area contributed by atoms with Gasteiger partial charge in [-0.15, -0.1) is 0 Å². The van der Waals surface area contributed by atoms with Gasteiger partial charge >= 0.3 is 0 Å². The van der Waals surface area contributed by atoms with E-state index in [1.807, 2.05) is 12.1 Å². The molecular formula is C18H25ClFN. The van der Waals surface area contributed by atoms with Gasteiger partial charge < -0.3 is 5.32 Å². The van der Waals surface area contributed by atoms with Crippen molar-refractivity contribution in [2.24, 2.45) is 17.3 Å². The van der Waals surface area contributed by atoms with Crippen molar-refractivity contribution in [3.05, 3.63) is 34.6 Å². The van der Waals surface area contributed by atoms with Gasteiger partial charge in [-0.3, -0.25) is 0 Å².